The molecular formula is C5H14N4. The van der Waals surface area contributed by atoms with Crippen LogP contribution in [-0.4, -0.2) is 12.1 Å². The van der Waals surface area contributed by atoms with Gasteiger partial charge in [-0.2, -0.15) is 0 Å². The van der Waals surface area contributed by atoms with Gasteiger partial charge in [0.1, 0.15) is 6.17 Å². The van der Waals surface area contributed by atoms with Crippen molar-refractivity contribution in [2.75, 3.05) is 0 Å². The van der Waals surface area contributed by atoms with Gasteiger partial charge in [0.05, 0.1) is 0 Å². The molecule has 54 valence electrons. The monoisotopic (exact) mass is 130 g/mol. The Morgan fingerprint density at radius 3 is 2.44 bits per heavy atom. The van der Waals surface area contributed by atoms with Gasteiger partial charge in [0.25, 0.3) is 0 Å². The van der Waals surface area contributed by atoms with Crippen LogP contribution in [0, 0.1) is 0 Å². The van der Waals surface area contributed by atoms with E-state index in [0.717, 1.165) is 12.8 Å². The fourth-order valence-corrected chi connectivity index (χ4v) is 0.552. The first-order valence-corrected chi connectivity index (χ1v) is 3.01. The molecule has 0 aliphatic rings. The van der Waals surface area contributed by atoms with Crippen molar-refractivity contribution in [3.05, 3.63) is 0 Å². The smallest absolute Gasteiger partial charge is 0.187 e. The topological polar surface area (TPSA) is 90.4 Å². The summed E-state index contributed by atoms with van der Waals surface area (Å²) in [6, 6.07) is 0. The minimum Gasteiger partial charge on any atom is -0.370 e. The van der Waals surface area contributed by atoms with Crippen molar-refractivity contribution in [2.45, 2.75) is 25.9 Å². The van der Waals surface area contributed by atoms with Gasteiger partial charge < -0.3 is 17.2 Å². The van der Waals surface area contributed by atoms with Crippen LogP contribution in [-0.2, 0) is 0 Å². The Labute approximate surface area is 55.1 Å². The highest BCUT2D eigenvalue weighted by Crippen LogP contribution is 1.92. The molecule has 0 radical (unpaired) electrons. The molecular weight excluding hydrogens is 116 g/mol. The molecule has 4 nitrogen and oxygen atoms in total. The molecule has 0 aromatic heterocycles. The maximum Gasteiger partial charge on any atom is 0.187 e. The molecule has 0 aliphatic heterocycles. The average molecular weight is 130 g/mol. The largest absolute Gasteiger partial charge is 0.370 e. The third-order valence-electron chi connectivity index (χ3n) is 0.899. The Morgan fingerprint density at radius 1 is 1.56 bits per heavy atom. The number of guanidine groups is 1. The summed E-state index contributed by atoms with van der Waals surface area (Å²) in [5.74, 6) is 0.0657. The van der Waals surface area contributed by atoms with Crippen LogP contribution in [0.4, 0.5) is 0 Å². The number of nitrogens with zero attached hydrogens (tertiary/aromatic N) is 1. The third-order valence-corrected chi connectivity index (χ3v) is 0.899. The molecule has 0 saturated heterocycles. The normalized spacial score (nSPS) is 12.7. The van der Waals surface area contributed by atoms with Crippen LogP contribution >= 0.6 is 0 Å². The highest BCUT2D eigenvalue weighted by atomic mass is 15.1. The van der Waals surface area contributed by atoms with Crippen LogP contribution in [0.1, 0.15) is 19.8 Å². The minimum atomic E-state index is -0.222. The zero-order valence-electron chi connectivity index (χ0n) is 5.67. The van der Waals surface area contributed by atoms with E-state index in [1.54, 1.807) is 0 Å². The van der Waals surface area contributed by atoms with Crippen molar-refractivity contribution in [3.8, 4) is 0 Å². The molecule has 0 spiro atoms. The Hall–Kier alpha value is -0.770. The molecule has 0 aromatic rings. The Balaban J connectivity index is 3.49. The fourth-order valence-electron chi connectivity index (χ4n) is 0.552. The number of hydrogen-bond acceptors (Lipinski definition) is 2. The zero-order valence-corrected chi connectivity index (χ0v) is 5.67. The maximum absolute atomic E-state index is 5.44. The van der Waals surface area contributed by atoms with E-state index < -0.39 is 0 Å². The molecule has 0 unspecified atom stereocenters. The molecule has 0 fully saturated rings. The maximum atomic E-state index is 5.44. The second-order valence-corrected chi connectivity index (χ2v) is 1.91. The first kappa shape index (κ1) is 8.23. The number of nitrogens with two attached hydrogens (primary N) is 3. The number of rotatable bonds is 3. The van der Waals surface area contributed by atoms with Crippen LogP contribution in [0.15, 0.2) is 4.99 Å². The molecule has 1 atom stereocenters. The van der Waals surface area contributed by atoms with Crippen molar-refractivity contribution < 1.29 is 0 Å². The summed E-state index contributed by atoms with van der Waals surface area (Å²) in [6.07, 6.45) is 1.61. The van der Waals surface area contributed by atoms with Gasteiger partial charge in [-0.25, -0.2) is 4.99 Å². The van der Waals surface area contributed by atoms with Gasteiger partial charge in [0.15, 0.2) is 5.96 Å². The standard InChI is InChI=1S/C5H14N4/c1-2-3-4(6)9-5(7)8/h4H,2-3,6H2,1H3,(H4,7,8,9)/t4-/m0/s1. The Kier molecular flexibility index (Phi) is 3.79. The average Bonchev–Trinajstić information content (AvgIpc) is 1.63. The molecule has 0 amide bonds. The van der Waals surface area contributed by atoms with Crippen molar-refractivity contribution >= 4 is 5.96 Å². The quantitative estimate of drug-likeness (QED) is 0.350. The second-order valence-electron chi connectivity index (χ2n) is 1.91. The van der Waals surface area contributed by atoms with Gasteiger partial charge in [0, 0.05) is 0 Å². The fraction of sp³-hybridized carbons (Fsp3) is 0.800. The highest BCUT2D eigenvalue weighted by Gasteiger charge is 1.94. The van der Waals surface area contributed by atoms with Crippen molar-refractivity contribution in [3.63, 3.8) is 0 Å². The van der Waals surface area contributed by atoms with E-state index in [1.165, 1.54) is 0 Å². The number of aliphatic imine (C=N–C) groups is 1. The SMILES string of the molecule is CCC[C@@H](N)N=C(N)N. The lowest BCUT2D eigenvalue weighted by atomic mass is 10.3. The molecule has 0 saturated carbocycles. The summed E-state index contributed by atoms with van der Waals surface area (Å²) < 4.78 is 0. The summed E-state index contributed by atoms with van der Waals surface area (Å²) in [7, 11) is 0. The number of hydrogen-bond donors (Lipinski definition) is 3. The first-order chi connectivity index (χ1) is 4.16. The van der Waals surface area contributed by atoms with E-state index in [1.807, 2.05) is 6.92 Å². The molecule has 0 rings (SSSR count). The molecule has 4 heteroatoms. The lowest BCUT2D eigenvalue weighted by Gasteiger charge is -2.02. The van der Waals surface area contributed by atoms with Gasteiger partial charge >= 0.3 is 0 Å². The van der Waals surface area contributed by atoms with Gasteiger partial charge in [-0.3, -0.25) is 0 Å². The summed E-state index contributed by atoms with van der Waals surface area (Å²) >= 11 is 0. The highest BCUT2D eigenvalue weighted by molar-refractivity contribution is 5.75. The Bertz CT molecular complexity index is 95.1. The van der Waals surface area contributed by atoms with Crippen LogP contribution < -0.4 is 17.2 Å². The van der Waals surface area contributed by atoms with E-state index in [2.05, 4.69) is 4.99 Å². The molecule has 0 heterocycles. The van der Waals surface area contributed by atoms with E-state index in [-0.39, 0.29) is 12.1 Å². The zero-order chi connectivity index (χ0) is 7.28. The minimum absolute atomic E-state index is 0.0657. The van der Waals surface area contributed by atoms with E-state index >= 15 is 0 Å². The van der Waals surface area contributed by atoms with Crippen LogP contribution in [0.3, 0.4) is 0 Å². The molecule has 0 bridgehead atoms. The predicted octanol–water partition coefficient (Wildman–Crippen LogP) is -0.655. The van der Waals surface area contributed by atoms with Gasteiger partial charge in [-0.1, -0.05) is 13.3 Å². The molecule has 6 N–H and O–H groups in total. The molecule has 0 aliphatic carbocycles. The summed E-state index contributed by atoms with van der Waals surface area (Å²) in [4.78, 5) is 3.72. The van der Waals surface area contributed by atoms with E-state index in [9.17, 15) is 0 Å². The van der Waals surface area contributed by atoms with E-state index in [0.29, 0.717) is 0 Å². The third kappa shape index (κ3) is 5.10. The predicted molar refractivity (Wildman–Crippen MR) is 38.7 cm³/mol. The van der Waals surface area contributed by atoms with Crippen molar-refractivity contribution in [2.24, 2.45) is 22.2 Å². The summed E-state index contributed by atoms with van der Waals surface area (Å²) in [6.45, 7) is 2.03. The second kappa shape index (κ2) is 4.14. The molecule has 0 aromatic carbocycles. The Morgan fingerprint density at radius 2 is 2.11 bits per heavy atom. The van der Waals surface area contributed by atoms with E-state index in [4.69, 9.17) is 17.2 Å². The van der Waals surface area contributed by atoms with Crippen LogP contribution in [0.2, 0.25) is 0 Å². The first-order valence-electron chi connectivity index (χ1n) is 3.01. The lowest BCUT2D eigenvalue weighted by molar-refractivity contribution is 0.628. The van der Waals surface area contributed by atoms with Crippen molar-refractivity contribution in [1.29, 1.82) is 0 Å². The van der Waals surface area contributed by atoms with Gasteiger partial charge in [-0.15, -0.1) is 0 Å². The summed E-state index contributed by atoms with van der Waals surface area (Å²) in [5, 5.41) is 0. The lowest BCUT2D eigenvalue weighted by Crippen LogP contribution is -2.28. The van der Waals surface area contributed by atoms with Crippen LogP contribution in [0.5, 0.6) is 0 Å². The summed E-state index contributed by atoms with van der Waals surface area (Å²) in [5.41, 5.74) is 15.6. The van der Waals surface area contributed by atoms with Gasteiger partial charge in [0.2, 0.25) is 0 Å². The van der Waals surface area contributed by atoms with Crippen molar-refractivity contribution in [1.82, 2.24) is 0 Å². The van der Waals surface area contributed by atoms with Gasteiger partial charge in [-0.05, 0) is 6.42 Å². The molecule has 9 heavy (non-hydrogen) atoms. The van der Waals surface area contributed by atoms with Crippen LogP contribution in [0.25, 0.3) is 0 Å².